The van der Waals surface area contributed by atoms with Crippen LogP contribution in [-0.2, 0) is 5.41 Å². The molecule has 0 amide bonds. The molecule has 0 aromatic heterocycles. The number of hydrogen-bond donors (Lipinski definition) is 1. The molecule has 1 aliphatic carbocycles. The van der Waals surface area contributed by atoms with E-state index in [0.717, 1.165) is 18.7 Å². The molecular formula is C17H19F2N. The maximum atomic E-state index is 14.0. The Labute approximate surface area is 118 Å². The van der Waals surface area contributed by atoms with Gasteiger partial charge in [-0.1, -0.05) is 26.0 Å². The van der Waals surface area contributed by atoms with E-state index in [1.54, 1.807) is 0 Å². The van der Waals surface area contributed by atoms with Crippen LogP contribution in [0, 0.1) is 17.6 Å². The molecule has 0 bridgehead atoms. The predicted molar refractivity (Wildman–Crippen MR) is 76.3 cm³/mol. The molecule has 106 valence electrons. The molecule has 1 fully saturated rings. The van der Waals surface area contributed by atoms with E-state index in [4.69, 9.17) is 0 Å². The van der Waals surface area contributed by atoms with Crippen molar-refractivity contribution in [3.05, 3.63) is 58.8 Å². The molecule has 1 saturated heterocycles. The molecule has 20 heavy (non-hydrogen) atoms. The SMILES string of the molecule is C[C@H]1CNC2=CC(C)(c3cc(F)ccc3F)CC=C2C1. The zero-order valence-corrected chi connectivity index (χ0v) is 11.8. The van der Waals surface area contributed by atoms with Gasteiger partial charge in [-0.3, -0.25) is 0 Å². The van der Waals surface area contributed by atoms with E-state index in [2.05, 4.69) is 24.4 Å². The van der Waals surface area contributed by atoms with E-state index >= 15 is 0 Å². The Bertz CT molecular complexity index is 603. The Morgan fingerprint density at radius 1 is 1.30 bits per heavy atom. The molecular weight excluding hydrogens is 256 g/mol. The molecule has 2 atom stereocenters. The summed E-state index contributed by atoms with van der Waals surface area (Å²) in [7, 11) is 0. The fourth-order valence-electron chi connectivity index (χ4n) is 3.13. The van der Waals surface area contributed by atoms with Crippen LogP contribution in [0.5, 0.6) is 0 Å². The monoisotopic (exact) mass is 275 g/mol. The number of halogens is 2. The Balaban J connectivity index is 1.99. The average molecular weight is 275 g/mol. The summed E-state index contributed by atoms with van der Waals surface area (Å²) in [4.78, 5) is 0. The first-order valence-electron chi connectivity index (χ1n) is 7.09. The minimum absolute atomic E-state index is 0.341. The van der Waals surface area contributed by atoms with Gasteiger partial charge in [0.25, 0.3) is 0 Å². The van der Waals surface area contributed by atoms with Crippen molar-refractivity contribution in [3.8, 4) is 0 Å². The van der Waals surface area contributed by atoms with Crippen LogP contribution in [0.2, 0.25) is 0 Å². The first kappa shape index (κ1) is 13.3. The van der Waals surface area contributed by atoms with Crippen molar-refractivity contribution in [2.45, 2.75) is 32.1 Å². The lowest BCUT2D eigenvalue weighted by Gasteiger charge is -2.35. The van der Waals surface area contributed by atoms with E-state index in [-0.39, 0.29) is 11.6 Å². The number of fused-ring (bicyclic) bond motifs is 1. The highest BCUT2D eigenvalue weighted by Crippen LogP contribution is 2.39. The van der Waals surface area contributed by atoms with Crippen LogP contribution in [0.4, 0.5) is 8.78 Å². The lowest BCUT2D eigenvalue weighted by Crippen LogP contribution is -2.34. The van der Waals surface area contributed by atoms with Gasteiger partial charge in [0.05, 0.1) is 0 Å². The fraction of sp³-hybridized carbons (Fsp3) is 0.412. The first-order chi connectivity index (χ1) is 9.48. The van der Waals surface area contributed by atoms with E-state index in [1.807, 2.05) is 6.92 Å². The van der Waals surface area contributed by atoms with Crippen LogP contribution in [0.25, 0.3) is 0 Å². The zero-order valence-electron chi connectivity index (χ0n) is 11.8. The Morgan fingerprint density at radius 3 is 2.90 bits per heavy atom. The summed E-state index contributed by atoms with van der Waals surface area (Å²) in [5.74, 6) is -0.110. The normalized spacial score (nSPS) is 29.1. The van der Waals surface area contributed by atoms with Crippen LogP contribution < -0.4 is 5.32 Å². The van der Waals surface area contributed by atoms with Gasteiger partial charge in [0.15, 0.2) is 0 Å². The maximum Gasteiger partial charge on any atom is 0.127 e. The first-order valence-corrected chi connectivity index (χ1v) is 7.09. The number of rotatable bonds is 1. The average Bonchev–Trinajstić information content (AvgIpc) is 2.42. The summed E-state index contributed by atoms with van der Waals surface area (Å²) in [6, 6.07) is 3.70. The number of nitrogens with one attached hydrogen (secondary N) is 1. The van der Waals surface area contributed by atoms with Gasteiger partial charge in [0.1, 0.15) is 11.6 Å². The summed E-state index contributed by atoms with van der Waals surface area (Å²) in [5, 5.41) is 3.41. The summed E-state index contributed by atoms with van der Waals surface area (Å²) in [6.45, 7) is 5.11. The molecule has 1 aromatic rings. The van der Waals surface area contributed by atoms with Gasteiger partial charge in [-0.25, -0.2) is 8.78 Å². The van der Waals surface area contributed by atoms with Crippen LogP contribution in [0.15, 0.2) is 41.6 Å². The van der Waals surface area contributed by atoms with E-state index < -0.39 is 5.41 Å². The van der Waals surface area contributed by atoms with Crippen LogP contribution in [0.1, 0.15) is 32.3 Å². The Kier molecular flexibility index (Phi) is 3.15. The van der Waals surface area contributed by atoms with Crippen molar-refractivity contribution in [2.24, 2.45) is 5.92 Å². The summed E-state index contributed by atoms with van der Waals surface area (Å²) >= 11 is 0. The Hall–Kier alpha value is -1.64. The maximum absolute atomic E-state index is 14.0. The molecule has 1 aliphatic heterocycles. The third kappa shape index (κ3) is 2.26. The van der Waals surface area contributed by atoms with Gasteiger partial charge in [-0.15, -0.1) is 0 Å². The zero-order chi connectivity index (χ0) is 14.3. The lowest BCUT2D eigenvalue weighted by molar-refractivity contribution is 0.469. The quantitative estimate of drug-likeness (QED) is 0.814. The molecule has 0 saturated carbocycles. The fourth-order valence-corrected chi connectivity index (χ4v) is 3.13. The van der Waals surface area contributed by atoms with Gasteiger partial charge in [0.2, 0.25) is 0 Å². The second kappa shape index (κ2) is 4.72. The highest BCUT2D eigenvalue weighted by Gasteiger charge is 2.32. The highest BCUT2D eigenvalue weighted by molar-refractivity contribution is 5.44. The molecule has 3 heteroatoms. The largest absolute Gasteiger partial charge is 0.385 e. The summed E-state index contributed by atoms with van der Waals surface area (Å²) < 4.78 is 27.5. The minimum atomic E-state index is -0.488. The van der Waals surface area contributed by atoms with Crippen molar-refractivity contribution in [3.63, 3.8) is 0 Å². The van der Waals surface area contributed by atoms with Crippen molar-refractivity contribution in [1.82, 2.24) is 5.32 Å². The van der Waals surface area contributed by atoms with E-state index in [0.29, 0.717) is 17.9 Å². The smallest absolute Gasteiger partial charge is 0.127 e. The van der Waals surface area contributed by atoms with Crippen molar-refractivity contribution >= 4 is 0 Å². The molecule has 1 nitrogen and oxygen atoms in total. The van der Waals surface area contributed by atoms with Gasteiger partial charge in [-0.05, 0) is 42.5 Å². The second-order valence-corrected chi connectivity index (χ2v) is 6.22. The summed E-state index contributed by atoms with van der Waals surface area (Å²) in [6.07, 6.45) is 6.00. The van der Waals surface area contributed by atoms with Gasteiger partial charge in [0, 0.05) is 23.2 Å². The van der Waals surface area contributed by atoms with Crippen molar-refractivity contribution < 1.29 is 8.78 Å². The molecule has 3 rings (SSSR count). The third-order valence-electron chi connectivity index (χ3n) is 4.33. The van der Waals surface area contributed by atoms with E-state index in [9.17, 15) is 8.78 Å². The summed E-state index contributed by atoms with van der Waals surface area (Å²) in [5.41, 5.74) is 2.33. The highest BCUT2D eigenvalue weighted by atomic mass is 19.1. The molecule has 1 unspecified atom stereocenters. The minimum Gasteiger partial charge on any atom is -0.385 e. The second-order valence-electron chi connectivity index (χ2n) is 6.22. The van der Waals surface area contributed by atoms with Crippen LogP contribution in [0.3, 0.4) is 0 Å². The molecule has 1 N–H and O–H groups in total. The van der Waals surface area contributed by atoms with Crippen molar-refractivity contribution in [1.29, 1.82) is 0 Å². The molecule has 0 radical (unpaired) electrons. The van der Waals surface area contributed by atoms with Crippen LogP contribution in [-0.4, -0.2) is 6.54 Å². The molecule has 2 aliphatic rings. The van der Waals surface area contributed by atoms with Gasteiger partial charge < -0.3 is 5.32 Å². The molecule has 1 heterocycles. The molecule has 0 spiro atoms. The van der Waals surface area contributed by atoms with Gasteiger partial charge in [-0.2, -0.15) is 0 Å². The third-order valence-corrected chi connectivity index (χ3v) is 4.33. The lowest BCUT2D eigenvalue weighted by atomic mass is 9.73. The number of allylic oxidation sites excluding steroid dienone is 3. The number of benzene rings is 1. The molecule has 1 aromatic carbocycles. The van der Waals surface area contributed by atoms with Gasteiger partial charge >= 0.3 is 0 Å². The Morgan fingerprint density at radius 2 is 2.10 bits per heavy atom. The van der Waals surface area contributed by atoms with Crippen molar-refractivity contribution in [2.75, 3.05) is 6.54 Å². The standard InChI is InChI=1S/C17H19F2N/c1-11-7-12-5-6-17(2,9-16(12)20-10-11)14-8-13(18)3-4-15(14)19/h3-5,8-9,11,20H,6-7,10H2,1-2H3/t11-,17?/m1/s1. The predicted octanol–water partition coefficient (Wildman–Crippen LogP) is 4.07. The number of piperidine rings is 1. The van der Waals surface area contributed by atoms with E-state index in [1.165, 1.54) is 23.8 Å². The number of hydrogen-bond acceptors (Lipinski definition) is 1. The topological polar surface area (TPSA) is 12.0 Å². The van der Waals surface area contributed by atoms with Crippen LogP contribution >= 0.6 is 0 Å².